The number of carbonyl (C=O) groups is 2. The molecule has 2 aliphatic rings. The van der Waals surface area contributed by atoms with E-state index in [1.165, 1.54) is 5.06 Å². The Morgan fingerprint density at radius 3 is 2.68 bits per heavy atom. The number of hydroxylamine groups is 2. The molecule has 0 radical (unpaired) electrons. The maximum Gasteiger partial charge on any atom is 0.294 e. The van der Waals surface area contributed by atoms with Gasteiger partial charge < -0.3 is 9.47 Å². The fourth-order valence-electron chi connectivity index (χ4n) is 3.43. The molecule has 6 nitrogen and oxygen atoms in total. The number of rotatable bonds is 2. The quantitative estimate of drug-likeness (QED) is 0.838. The summed E-state index contributed by atoms with van der Waals surface area (Å²) >= 11 is 0. The molecular weight excluding hydrogens is 282 g/mol. The lowest BCUT2D eigenvalue weighted by molar-refractivity contribution is -0.132. The first-order valence-corrected chi connectivity index (χ1v) is 7.97. The summed E-state index contributed by atoms with van der Waals surface area (Å²) in [7, 11) is 1.89. The molecule has 120 valence electrons. The summed E-state index contributed by atoms with van der Waals surface area (Å²) in [6, 6.07) is 3.87. The van der Waals surface area contributed by atoms with Crippen molar-refractivity contribution in [3.63, 3.8) is 0 Å². The van der Waals surface area contributed by atoms with Crippen molar-refractivity contribution in [2.45, 2.75) is 38.6 Å². The molecule has 22 heavy (non-hydrogen) atoms. The SMILES string of the molecule is CC(=O)N1CCCC[C@@H]1c1ccc(C(=O)N2CCCO2)n1C. The van der Waals surface area contributed by atoms with E-state index >= 15 is 0 Å². The smallest absolute Gasteiger partial charge is 0.294 e. The van der Waals surface area contributed by atoms with Crippen LogP contribution in [-0.2, 0) is 16.7 Å². The number of nitrogens with zero attached hydrogens (tertiary/aromatic N) is 3. The van der Waals surface area contributed by atoms with Gasteiger partial charge in [0.1, 0.15) is 5.69 Å². The molecule has 1 atom stereocenters. The van der Waals surface area contributed by atoms with Gasteiger partial charge in [-0.3, -0.25) is 14.4 Å². The highest BCUT2D eigenvalue weighted by Gasteiger charge is 2.30. The first-order valence-electron chi connectivity index (χ1n) is 7.97. The third-order valence-electron chi connectivity index (χ3n) is 4.61. The topological polar surface area (TPSA) is 54.8 Å². The molecule has 2 saturated heterocycles. The van der Waals surface area contributed by atoms with E-state index in [1.807, 2.05) is 28.6 Å². The average Bonchev–Trinajstić information content (AvgIpc) is 3.16. The molecule has 3 rings (SSSR count). The van der Waals surface area contributed by atoms with Crippen LogP contribution in [0.5, 0.6) is 0 Å². The Morgan fingerprint density at radius 1 is 1.18 bits per heavy atom. The third kappa shape index (κ3) is 2.63. The van der Waals surface area contributed by atoms with E-state index in [0.29, 0.717) is 18.8 Å². The van der Waals surface area contributed by atoms with E-state index < -0.39 is 0 Å². The van der Waals surface area contributed by atoms with Crippen molar-refractivity contribution in [2.24, 2.45) is 7.05 Å². The van der Waals surface area contributed by atoms with Gasteiger partial charge in [-0.15, -0.1) is 0 Å². The molecule has 2 fully saturated rings. The van der Waals surface area contributed by atoms with E-state index in [1.54, 1.807) is 6.92 Å². The minimum absolute atomic E-state index is 0.0669. The second-order valence-electron chi connectivity index (χ2n) is 6.02. The van der Waals surface area contributed by atoms with Gasteiger partial charge in [-0.25, -0.2) is 5.06 Å². The molecular formula is C16H23N3O3. The van der Waals surface area contributed by atoms with Gasteiger partial charge in [0.05, 0.1) is 19.2 Å². The largest absolute Gasteiger partial charge is 0.342 e. The highest BCUT2D eigenvalue weighted by molar-refractivity contribution is 5.92. The van der Waals surface area contributed by atoms with Crippen molar-refractivity contribution in [3.8, 4) is 0 Å². The molecule has 6 heteroatoms. The van der Waals surface area contributed by atoms with E-state index in [-0.39, 0.29) is 17.9 Å². The van der Waals surface area contributed by atoms with Gasteiger partial charge >= 0.3 is 0 Å². The van der Waals surface area contributed by atoms with E-state index in [0.717, 1.165) is 37.9 Å². The number of piperidine rings is 1. The lowest BCUT2D eigenvalue weighted by Gasteiger charge is -2.35. The van der Waals surface area contributed by atoms with Crippen LogP contribution in [0.2, 0.25) is 0 Å². The maximum atomic E-state index is 12.5. The molecule has 2 aliphatic heterocycles. The first kappa shape index (κ1) is 15.1. The fraction of sp³-hybridized carbons (Fsp3) is 0.625. The van der Waals surface area contributed by atoms with Crippen LogP contribution in [0.25, 0.3) is 0 Å². The summed E-state index contributed by atoms with van der Waals surface area (Å²) in [6.07, 6.45) is 3.99. The van der Waals surface area contributed by atoms with Crippen LogP contribution in [0.3, 0.4) is 0 Å². The van der Waals surface area contributed by atoms with Gasteiger partial charge in [0, 0.05) is 26.2 Å². The molecule has 1 aromatic rings. The number of hydrogen-bond donors (Lipinski definition) is 0. The van der Waals surface area contributed by atoms with Gasteiger partial charge in [0.15, 0.2) is 0 Å². The Kier molecular flexibility index (Phi) is 4.20. The summed E-state index contributed by atoms with van der Waals surface area (Å²) in [5.41, 5.74) is 1.64. The maximum absolute atomic E-state index is 12.5. The van der Waals surface area contributed by atoms with Crippen molar-refractivity contribution in [1.82, 2.24) is 14.5 Å². The van der Waals surface area contributed by atoms with Crippen LogP contribution in [0.1, 0.15) is 54.8 Å². The number of hydrogen-bond acceptors (Lipinski definition) is 3. The Balaban J connectivity index is 1.85. The van der Waals surface area contributed by atoms with Crippen molar-refractivity contribution in [1.29, 1.82) is 0 Å². The minimum Gasteiger partial charge on any atom is -0.342 e. The van der Waals surface area contributed by atoms with Crippen molar-refractivity contribution >= 4 is 11.8 Å². The zero-order valence-corrected chi connectivity index (χ0v) is 13.2. The zero-order valence-electron chi connectivity index (χ0n) is 13.2. The molecule has 3 heterocycles. The summed E-state index contributed by atoms with van der Waals surface area (Å²) in [5.74, 6) is -0.00177. The minimum atomic E-state index is -0.101. The molecule has 0 aromatic carbocycles. The Hall–Kier alpha value is -1.82. The predicted octanol–water partition coefficient (Wildman–Crippen LogP) is 1.88. The van der Waals surface area contributed by atoms with Gasteiger partial charge in [-0.1, -0.05) is 0 Å². The fourth-order valence-corrected chi connectivity index (χ4v) is 3.43. The zero-order chi connectivity index (χ0) is 15.7. The molecule has 2 amide bonds. The van der Waals surface area contributed by atoms with Gasteiger partial charge in [-0.2, -0.15) is 0 Å². The normalized spacial score (nSPS) is 22.2. The summed E-state index contributed by atoms with van der Waals surface area (Å²) < 4.78 is 1.91. The molecule has 1 aromatic heterocycles. The van der Waals surface area contributed by atoms with E-state index in [9.17, 15) is 9.59 Å². The first-order chi connectivity index (χ1) is 10.6. The average molecular weight is 305 g/mol. The second-order valence-corrected chi connectivity index (χ2v) is 6.02. The van der Waals surface area contributed by atoms with E-state index in [2.05, 4.69) is 0 Å². The number of likely N-dealkylation sites (tertiary alicyclic amines) is 1. The molecule has 0 N–H and O–H groups in total. The molecule has 0 bridgehead atoms. The van der Waals surface area contributed by atoms with Crippen LogP contribution in [0, 0.1) is 0 Å². The molecule has 0 aliphatic carbocycles. The van der Waals surface area contributed by atoms with Gasteiger partial charge in [0.25, 0.3) is 5.91 Å². The van der Waals surface area contributed by atoms with Crippen LogP contribution in [0.4, 0.5) is 0 Å². The molecule has 0 unspecified atom stereocenters. The number of carbonyl (C=O) groups excluding carboxylic acids is 2. The predicted molar refractivity (Wildman–Crippen MR) is 81.0 cm³/mol. The summed E-state index contributed by atoms with van der Waals surface area (Å²) in [4.78, 5) is 31.6. The molecule has 0 spiro atoms. The number of amides is 2. The monoisotopic (exact) mass is 305 g/mol. The third-order valence-corrected chi connectivity index (χ3v) is 4.61. The highest BCUT2D eigenvalue weighted by Crippen LogP contribution is 2.32. The van der Waals surface area contributed by atoms with E-state index in [4.69, 9.17) is 4.84 Å². The Bertz CT molecular complexity index is 575. The molecule has 0 saturated carbocycles. The van der Waals surface area contributed by atoms with Crippen LogP contribution >= 0.6 is 0 Å². The lowest BCUT2D eigenvalue weighted by atomic mass is 9.99. The summed E-state index contributed by atoms with van der Waals surface area (Å²) in [5, 5.41) is 1.43. The lowest BCUT2D eigenvalue weighted by Crippen LogP contribution is -2.38. The van der Waals surface area contributed by atoms with Crippen molar-refractivity contribution in [3.05, 3.63) is 23.5 Å². The summed E-state index contributed by atoms with van der Waals surface area (Å²) in [6.45, 7) is 3.65. The van der Waals surface area contributed by atoms with Crippen molar-refractivity contribution in [2.75, 3.05) is 19.7 Å². The van der Waals surface area contributed by atoms with Gasteiger partial charge in [-0.05, 0) is 37.8 Å². The number of aromatic nitrogens is 1. The second kappa shape index (κ2) is 6.12. The Labute approximate surface area is 130 Å². The van der Waals surface area contributed by atoms with Crippen LogP contribution < -0.4 is 0 Å². The van der Waals surface area contributed by atoms with Gasteiger partial charge in [0.2, 0.25) is 5.91 Å². The van der Waals surface area contributed by atoms with Crippen LogP contribution in [-0.4, -0.2) is 46.0 Å². The Morgan fingerprint density at radius 2 is 2.00 bits per heavy atom. The van der Waals surface area contributed by atoms with Crippen LogP contribution in [0.15, 0.2) is 12.1 Å². The highest BCUT2D eigenvalue weighted by atomic mass is 16.7. The standard InChI is InChI=1S/C16H23N3O3/c1-12(20)18-9-4-3-6-14(18)13-7-8-15(17(13)2)16(21)19-10-5-11-22-19/h7-8,14H,3-6,9-11H2,1-2H3/t14-/m1/s1. The van der Waals surface area contributed by atoms with Crippen molar-refractivity contribution < 1.29 is 14.4 Å².